The van der Waals surface area contributed by atoms with Crippen molar-refractivity contribution in [1.29, 1.82) is 0 Å². The molecule has 1 amide bonds. The molecule has 0 atom stereocenters. The van der Waals surface area contributed by atoms with Gasteiger partial charge in [0.25, 0.3) is 0 Å². The maximum Gasteiger partial charge on any atom is 0.308 e. The Morgan fingerprint density at radius 1 is 1.36 bits per heavy atom. The van der Waals surface area contributed by atoms with Gasteiger partial charge in [-0.1, -0.05) is 25.1 Å². The minimum atomic E-state index is -0.173. The van der Waals surface area contributed by atoms with Gasteiger partial charge in [0.2, 0.25) is 5.91 Å². The fourth-order valence-corrected chi connectivity index (χ4v) is 2.64. The van der Waals surface area contributed by atoms with Crippen LogP contribution >= 0.6 is 11.6 Å². The van der Waals surface area contributed by atoms with Gasteiger partial charge in [0.05, 0.1) is 12.5 Å². The van der Waals surface area contributed by atoms with Gasteiger partial charge in [0.1, 0.15) is 12.5 Å². The maximum atomic E-state index is 12.2. The summed E-state index contributed by atoms with van der Waals surface area (Å²) in [6.45, 7) is 4.56. The van der Waals surface area contributed by atoms with Crippen molar-refractivity contribution in [2.45, 2.75) is 33.1 Å². The van der Waals surface area contributed by atoms with Crippen LogP contribution in [0.3, 0.4) is 0 Å². The van der Waals surface area contributed by atoms with Crippen molar-refractivity contribution < 1.29 is 14.3 Å². The Morgan fingerprint density at radius 3 is 2.68 bits per heavy atom. The first-order valence-electron chi connectivity index (χ1n) is 7.70. The summed E-state index contributed by atoms with van der Waals surface area (Å²) in [6.07, 6.45) is 2.66. The van der Waals surface area contributed by atoms with Crippen LogP contribution in [0.5, 0.6) is 0 Å². The van der Waals surface area contributed by atoms with E-state index in [1.54, 1.807) is 4.90 Å². The maximum absolute atomic E-state index is 12.2. The van der Waals surface area contributed by atoms with E-state index >= 15 is 0 Å². The molecule has 22 heavy (non-hydrogen) atoms. The Kier molecular flexibility index (Phi) is 5.83. The number of rotatable bonds is 7. The third-order valence-electron chi connectivity index (χ3n) is 3.86. The van der Waals surface area contributed by atoms with Crippen LogP contribution in [0.4, 0.5) is 5.69 Å². The van der Waals surface area contributed by atoms with Gasteiger partial charge in [-0.25, -0.2) is 0 Å². The second-order valence-electron chi connectivity index (χ2n) is 5.56. The molecule has 1 fully saturated rings. The summed E-state index contributed by atoms with van der Waals surface area (Å²) in [5.41, 5.74) is 3.00. The van der Waals surface area contributed by atoms with E-state index in [0.717, 1.165) is 36.1 Å². The quantitative estimate of drug-likeness (QED) is 0.572. The Hall–Kier alpha value is -1.55. The topological polar surface area (TPSA) is 46.6 Å². The van der Waals surface area contributed by atoms with Crippen LogP contribution in [0.25, 0.3) is 0 Å². The lowest BCUT2D eigenvalue weighted by Gasteiger charge is -2.26. The van der Waals surface area contributed by atoms with Crippen molar-refractivity contribution in [2.24, 2.45) is 5.92 Å². The molecule has 1 aliphatic carbocycles. The summed E-state index contributed by atoms with van der Waals surface area (Å²) in [6, 6.07) is 5.96. The first kappa shape index (κ1) is 16.8. The van der Waals surface area contributed by atoms with Crippen LogP contribution in [-0.4, -0.2) is 30.9 Å². The number of ether oxygens (including phenoxy) is 1. The third kappa shape index (κ3) is 4.01. The number of nitrogens with zero attached hydrogens (tertiary/aromatic N) is 1. The molecule has 0 saturated heterocycles. The molecule has 1 aromatic carbocycles. The number of carbonyl (C=O) groups is 2. The van der Waals surface area contributed by atoms with Gasteiger partial charge in [-0.05, 0) is 37.3 Å². The summed E-state index contributed by atoms with van der Waals surface area (Å²) in [7, 11) is 0. The fourth-order valence-electron chi connectivity index (χ4n) is 2.50. The van der Waals surface area contributed by atoms with Crippen LogP contribution in [0, 0.1) is 12.8 Å². The molecule has 0 heterocycles. The summed E-state index contributed by atoms with van der Waals surface area (Å²) < 4.78 is 5.25. The summed E-state index contributed by atoms with van der Waals surface area (Å²) >= 11 is 5.75. The van der Waals surface area contributed by atoms with Crippen molar-refractivity contribution in [3.8, 4) is 0 Å². The van der Waals surface area contributed by atoms with E-state index in [9.17, 15) is 9.59 Å². The number of hydrogen-bond donors (Lipinski definition) is 0. The van der Waals surface area contributed by atoms with Crippen LogP contribution < -0.4 is 4.90 Å². The molecule has 120 valence electrons. The predicted octanol–water partition coefficient (Wildman–Crippen LogP) is 3.08. The first-order valence-corrected chi connectivity index (χ1v) is 8.23. The molecular formula is C17H22ClNO3. The molecule has 0 radical (unpaired) electrons. The second kappa shape index (κ2) is 7.63. The van der Waals surface area contributed by atoms with Gasteiger partial charge in [0.15, 0.2) is 0 Å². The largest absolute Gasteiger partial charge is 0.464 e. The van der Waals surface area contributed by atoms with Crippen molar-refractivity contribution in [1.82, 2.24) is 0 Å². The number of anilines is 1. The van der Waals surface area contributed by atoms with Gasteiger partial charge in [-0.15, -0.1) is 11.6 Å². The van der Waals surface area contributed by atoms with E-state index < -0.39 is 0 Å². The molecule has 0 spiro atoms. The minimum absolute atomic E-state index is 0.0712. The number of hydrogen-bond acceptors (Lipinski definition) is 3. The van der Waals surface area contributed by atoms with Gasteiger partial charge < -0.3 is 9.64 Å². The highest BCUT2D eigenvalue weighted by atomic mass is 35.5. The standard InChI is InChI=1S/C17H22ClNO3/c1-3-13-6-4-5-12(2)16(13)19(15(20)11-18)9-10-22-17(21)14-7-8-14/h4-6,14H,3,7-11H2,1-2H3. The van der Waals surface area contributed by atoms with E-state index in [1.807, 2.05) is 25.1 Å². The zero-order valence-corrected chi connectivity index (χ0v) is 13.9. The molecule has 5 heteroatoms. The number of halogens is 1. The first-order chi connectivity index (χ1) is 10.6. The molecule has 4 nitrogen and oxygen atoms in total. The zero-order chi connectivity index (χ0) is 16.1. The lowest BCUT2D eigenvalue weighted by molar-refractivity contribution is -0.145. The Labute approximate surface area is 136 Å². The average molecular weight is 324 g/mol. The van der Waals surface area contributed by atoms with Crippen molar-refractivity contribution in [3.05, 3.63) is 29.3 Å². The number of amides is 1. The van der Waals surface area contributed by atoms with Crippen LogP contribution in [-0.2, 0) is 20.7 Å². The molecule has 1 aliphatic rings. The molecule has 0 aliphatic heterocycles. The van der Waals surface area contributed by atoms with Gasteiger partial charge in [0, 0.05) is 5.69 Å². The van der Waals surface area contributed by atoms with Crippen LogP contribution in [0.1, 0.15) is 30.9 Å². The third-order valence-corrected chi connectivity index (χ3v) is 4.09. The summed E-state index contributed by atoms with van der Waals surface area (Å²) in [5, 5.41) is 0. The molecule has 2 rings (SSSR count). The molecule has 0 unspecified atom stereocenters. The highest BCUT2D eigenvalue weighted by Crippen LogP contribution is 2.30. The predicted molar refractivity (Wildman–Crippen MR) is 87.3 cm³/mol. The zero-order valence-electron chi connectivity index (χ0n) is 13.1. The van der Waals surface area contributed by atoms with Crippen LogP contribution in [0.15, 0.2) is 18.2 Å². The van der Waals surface area contributed by atoms with Crippen LogP contribution in [0.2, 0.25) is 0 Å². The number of para-hydroxylation sites is 1. The lowest BCUT2D eigenvalue weighted by Crippen LogP contribution is -2.36. The number of alkyl halides is 1. The highest BCUT2D eigenvalue weighted by molar-refractivity contribution is 6.29. The Bertz CT molecular complexity index is 555. The number of carbonyl (C=O) groups excluding carboxylic acids is 2. The number of aryl methyl sites for hydroxylation is 2. The minimum Gasteiger partial charge on any atom is -0.464 e. The van der Waals surface area contributed by atoms with E-state index in [-0.39, 0.29) is 30.3 Å². The average Bonchev–Trinajstić information content (AvgIpc) is 3.36. The normalized spacial score (nSPS) is 13.8. The highest BCUT2D eigenvalue weighted by Gasteiger charge is 2.31. The van der Waals surface area contributed by atoms with E-state index in [2.05, 4.69) is 6.92 Å². The second-order valence-corrected chi connectivity index (χ2v) is 5.82. The smallest absolute Gasteiger partial charge is 0.308 e. The monoisotopic (exact) mass is 323 g/mol. The van der Waals surface area contributed by atoms with Crippen molar-refractivity contribution in [2.75, 3.05) is 23.9 Å². The van der Waals surface area contributed by atoms with Gasteiger partial charge >= 0.3 is 5.97 Å². The Morgan fingerprint density at radius 2 is 2.09 bits per heavy atom. The molecule has 0 aromatic heterocycles. The number of esters is 1. The molecule has 0 N–H and O–H groups in total. The molecule has 0 bridgehead atoms. The van der Waals surface area contributed by atoms with Crippen molar-refractivity contribution >= 4 is 29.2 Å². The van der Waals surface area contributed by atoms with Gasteiger partial charge in [-0.3, -0.25) is 9.59 Å². The molecular weight excluding hydrogens is 302 g/mol. The molecule has 1 saturated carbocycles. The summed E-state index contributed by atoms with van der Waals surface area (Å²) in [5.74, 6) is -0.345. The van der Waals surface area contributed by atoms with E-state index in [4.69, 9.17) is 16.3 Å². The number of benzene rings is 1. The molecule has 1 aromatic rings. The lowest BCUT2D eigenvalue weighted by atomic mass is 10.0. The van der Waals surface area contributed by atoms with Gasteiger partial charge in [-0.2, -0.15) is 0 Å². The Balaban J connectivity index is 2.12. The fraction of sp³-hybridized carbons (Fsp3) is 0.529. The summed E-state index contributed by atoms with van der Waals surface area (Å²) in [4.78, 5) is 25.4. The van der Waals surface area contributed by atoms with E-state index in [1.165, 1.54) is 0 Å². The van der Waals surface area contributed by atoms with E-state index in [0.29, 0.717) is 6.54 Å². The SMILES string of the molecule is CCc1cccc(C)c1N(CCOC(=O)C1CC1)C(=O)CCl. The van der Waals surface area contributed by atoms with Crippen molar-refractivity contribution in [3.63, 3.8) is 0 Å².